The van der Waals surface area contributed by atoms with Crippen LogP contribution in [0.5, 0.6) is 0 Å². The molecule has 0 amide bonds. The monoisotopic (exact) mass is 648 g/mol. The van der Waals surface area contributed by atoms with Crippen molar-refractivity contribution in [1.29, 1.82) is 0 Å². The SMILES string of the molecule is CC(C)(C)[Si](OCCOCCOCCOCCOCCOCCOCCOC1CCCCO1)(c1ccccc1)c1ccccc1. The fourth-order valence-electron chi connectivity index (χ4n) is 5.30. The van der Waals surface area contributed by atoms with Crippen molar-refractivity contribution < 1.29 is 42.3 Å². The molecule has 0 bridgehead atoms. The Morgan fingerprint density at radius 1 is 0.556 bits per heavy atom. The first-order valence-corrected chi connectivity index (χ1v) is 18.4. The highest BCUT2D eigenvalue weighted by atomic mass is 28.4. The molecule has 45 heavy (non-hydrogen) atoms. The highest BCUT2D eigenvalue weighted by Gasteiger charge is 2.50. The zero-order valence-corrected chi connectivity index (χ0v) is 28.8. The minimum Gasteiger partial charge on any atom is -0.405 e. The number of rotatable bonds is 25. The van der Waals surface area contributed by atoms with Crippen molar-refractivity contribution in [2.75, 3.05) is 99.1 Å². The molecule has 1 saturated heterocycles. The highest BCUT2D eigenvalue weighted by Crippen LogP contribution is 2.36. The Kier molecular flexibility index (Phi) is 19.1. The molecule has 9 nitrogen and oxygen atoms in total. The Morgan fingerprint density at radius 2 is 0.956 bits per heavy atom. The molecule has 1 aliphatic heterocycles. The van der Waals surface area contributed by atoms with Gasteiger partial charge in [0.05, 0.1) is 92.5 Å². The fraction of sp³-hybridized carbons (Fsp3) is 0.657. The van der Waals surface area contributed by atoms with E-state index in [1.54, 1.807) is 0 Å². The summed E-state index contributed by atoms with van der Waals surface area (Å²) in [6.07, 6.45) is 3.20. The topological polar surface area (TPSA) is 83.1 Å². The second-order valence-corrected chi connectivity index (χ2v) is 16.2. The van der Waals surface area contributed by atoms with Crippen molar-refractivity contribution in [2.45, 2.75) is 51.4 Å². The molecule has 0 aromatic heterocycles. The van der Waals surface area contributed by atoms with Gasteiger partial charge in [-0.1, -0.05) is 81.4 Å². The lowest BCUT2D eigenvalue weighted by Gasteiger charge is -2.43. The molecular formula is C35H56O9Si. The smallest absolute Gasteiger partial charge is 0.261 e. The zero-order valence-electron chi connectivity index (χ0n) is 27.8. The predicted molar refractivity (Wildman–Crippen MR) is 178 cm³/mol. The van der Waals surface area contributed by atoms with E-state index in [0.29, 0.717) is 92.5 Å². The van der Waals surface area contributed by atoms with E-state index in [4.69, 9.17) is 42.3 Å². The number of benzene rings is 2. The largest absolute Gasteiger partial charge is 0.405 e. The van der Waals surface area contributed by atoms with Crippen LogP contribution < -0.4 is 10.4 Å². The van der Waals surface area contributed by atoms with E-state index in [-0.39, 0.29) is 11.3 Å². The fourth-order valence-corrected chi connectivity index (χ4v) is 9.84. The van der Waals surface area contributed by atoms with Crippen LogP contribution >= 0.6 is 0 Å². The van der Waals surface area contributed by atoms with Gasteiger partial charge in [0, 0.05) is 6.61 Å². The maximum atomic E-state index is 6.84. The molecule has 1 unspecified atom stereocenters. The molecule has 0 radical (unpaired) electrons. The van der Waals surface area contributed by atoms with Crippen LogP contribution in [0, 0.1) is 0 Å². The lowest BCUT2D eigenvalue weighted by molar-refractivity contribution is -0.169. The Hall–Kier alpha value is -1.70. The number of ether oxygens (including phenoxy) is 8. The van der Waals surface area contributed by atoms with E-state index in [2.05, 4.69) is 81.4 Å². The summed E-state index contributed by atoms with van der Waals surface area (Å²) >= 11 is 0. The van der Waals surface area contributed by atoms with Gasteiger partial charge in [-0.25, -0.2) is 0 Å². The first-order valence-electron chi connectivity index (χ1n) is 16.5. The molecule has 1 fully saturated rings. The van der Waals surface area contributed by atoms with Crippen molar-refractivity contribution in [3.63, 3.8) is 0 Å². The summed E-state index contributed by atoms with van der Waals surface area (Å²) in [5.41, 5.74) is 0. The van der Waals surface area contributed by atoms with Gasteiger partial charge >= 0.3 is 0 Å². The molecule has 1 atom stereocenters. The minimum absolute atomic E-state index is 0.0482. The third kappa shape index (κ3) is 14.3. The van der Waals surface area contributed by atoms with Gasteiger partial charge in [0.15, 0.2) is 6.29 Å². The summed E-state index contributed by atoms with van der Waals surface area (Å²) in [6, 6.07) is 21.3. The average molecular weight is 649 g/mol. The summed E-state index contributed by atoms with van der Waals surface area (Å²) < 4.78 is 51.6. The van der Waals surface area contributed by atoms with E-state index < -0.39 is 8.32 Å². The highest BCUT2D eigenvalue weighted by molar-refractivity contribution is 6.99. The first-order chi connectivity index (χ1) is 22.0. The van der Waals surface area contributed by atoms with E-state index in [1.165, 1.54) is 16.8 Å². The Labute approximate surface area is 271 Å². The lowest BCUT2D eigenvalue weighted by Crippen LogP contribution is -2.66. The summed E-state index contributed by atoms with van der Waals surface area (Å²) in [4.78, 5) is 0. The van der Waals surface area contributed by atoms with E-state index in [9.17, 15) is 0 Å². The molecule has 2 aromatic rings. The van der Waals surface area contributed by atoms with Crippen LogP contribution in [0.3, 0.4) is 0 Å². The van der Waals surface area contributed by atoms with Crippen molar-refractivity contribution in [3.05, 3.63) is 60.7 Å². The molecule has 10 heteroatoms. The van der Waals surface area contributed by atoms with Crippen LogP contribution in [-0.2, 0) is 42.3 Å². The van der Waals surface area contributed by atoms with Crippen molar-refractivity contribution in [1.82, 2.24) is 0 Å². The molecule has 254 valence electrons. The standard InChI is InChI=1S/C35H56O9Si/c1-35(2,3)45(32-12-6-4-7-13-32,33-14-8-5-9-15-33)44-31-29-41-27-25-39-23-21-37-19-18-36-20-22-38-24-26-40-28-30-43-34-16-10-11-17-42-34/h4-9,12-15,34H,10-11,16-31H2,1-3H3. The molecule has 1 heterocycles. The summed E-state index contributed by atoms with van der Waals surface area (Å²) in [5, 5.41) is 2.50. The quantitative estimate of drug-likeness (QED) is 0.116. The van der Waals surface area contributed by atoms with Crippen LogP contribution in [0.4, 0.5) is 0 Å². The summed E-state index contributed by atoms with van der Waals surface area (Å²) in [6.45, 7) is 15.0. The number of hydrogen-bond acceptors (Lipinski definition) is 9. The molecule has 0 saturated carbocycles. The summed E-state index contributed by atoms with van der Waals surface area (Å²) in [5.74, 6) is 0. The Morgan fingerprint density at radius 3 is 1.33 bits per heavy atom. The molecular weight excluding hydrogens is 592 g/mol. The van der Waals surface area contributed by atoms with Gasteiger partial charge in [0.1, 0.15) is 0 Å². The molecule has 0 N–H and O–H groups in total. The second kappa shape index (κ2) is 22.8. The Bertz CT molecular complexity index is 929. The predicted octanol–water partition coefficient (Wildman–Crippen LogP) is 4.21. The Balaban J connectivity index is 1.12. The first kappa shape index (κ1) is 37.8. The second-order valence-electron chi connectivity index (χ2n) is 11.9. The van der Waals surface area contributed by atoms with Gasteiger partial charge in [-0.3, -0.25) is 0 Å². The molecule has 2 aromatic carbocycles. The molecule has 3 rings (SSSR count). The van der Waals surface area contributed by atoms with Crippen LogP contribution in [0.25, 0.3) is 0 Å². The van der Waals surface area contributed by atoms with Gasteiger partial charge in [-0.2, -0.15) is 0 Å². The van der Waals surface area contributed by atoms with Gasteiger partial charge in [0.25, 0.3) is 8.32 Å². The van der Waals surface area contributed by atoms with Crippen molar-refractivity contribution in [2.24, 2.45) is 0 Å². The molecule has 0 aliphatic carbocycles. The van der Waals surface area contributed by atoms with Gasteiger partial charge < -0.3 is 42.3 Å². The van der Waals surface area contributed by atoms with Crippen LogP contribution in [-0.4, -0.2) is 114 Å². The lowest BCUT2D eigenvalue weighted by atomic mass is 10.2. The van der Waals surface area contributed by atoms with Gasteiger partial charge in [0.2, 0.25) is 0 Å². The van der Waals surface area contributed by atoms with Crippen LogP contribution in [0.15, 0.2) is 60.7 Å². The molecule has 1 aliphatic rings. The number of hydrogen-bond donors (Lipinski definition) is 0. The third-order valence-electron chi connectivity index (χ3n) is 7.49. The average Bonchev–Trinajstić information content (AvgIpc) is 3.06. The van der Waals surface area contributed by atoms with Crippen LogP contribution in [0.1, 0.15) is 40.0 Å². The van der Waals surface area contributed by atoms with E-state index in [1.807, 2.05) is 0 Å². The zero-order chi connectivity index (χ0) is 31.9. The van der Waals surface area contributed by atoms with Crippen molar-refractivity contribution >= 4 is 18.7 Å². The summed E-state index contributed by atoms with van der Waals surface area (Å²) in [7, 11) is -2.53. The third-order valence-corrected chi connectivity index (χ3v) is 12.5. The normalized spacial score (nSPS) is 15.8. The minimum atomic E-state index is -2.53. The van der Waals surface area contributed by atoms with Gasteiger partial charge in [-0.15, -0.1) is 0 Å². The van der Waals surface area contributed by atoms with Crippen molar-refractivity contribution in [3.8, 4) is 0 Å². The van der Waals surface area contributed by atoms with Gasteiger partial charge in [-0.05, 0) is 34.7 Å². The van der Waals surface area contributed by atoms with Crippen LogP contribution in [0.2, 0.25) is 5.04 Å². The maximum Gasteiger partial charge on any atom is 0.261 e. The van der Waals surface area contributed by atoms with E-state index in [0.717, 1.165) is 19.4 Å². The molecule has 0 spiro atoms. The van der Waals surface area contributed by atoms with E-state index >= 15 is 0 Å². The maximum absolute atomic E-state index is 6.84.